The highest BCUT2D eigenvalue weighted by atomic mass is 79.9. The van der Waals surface area contributed by atoms with Crippen LogP contribution in [0.1, 0.15) is 19.4 Å². The van der Waals surface area contributed by atoms with Crippen molar-refractivity contribution in [2.75, 3.05) is 0 Å². The highest BCUT2D eigenvalue weighted by molar-refractivity contribution is 9.10. The number of alkyl halides is 3. The quantitative estimate of drug-likeness (QED) is 0.530. The average molecular weight is 349 g/mol. The molecule has 2 aromatic rings. The maximum Gasteiger partial charge on any atom is 0.417 e. The minimum Gasteiger partial charge on any atom is -0.207 e. The molecule has 0 amide bonds. The molecule has 0 aliphatic carbocycles. The fourth-order valence-corrected chi connectivity index (χ4v) is 1.99. The van der Waals surface area contributed by atoms with Crippen molar-refractivity contribution in [1.82, 2.24) is 0 Å². The molecule has 0 aliphatic heterocycles. The first-order chi connectivity index (χ1) is 9.38. The van der Waals surface area contributed by atoms with E-state index < -0.39 is 17.6 Å². The number of hydrogen-bond acceptors (Lipinski definition) is 0. The van der Waals surface area contributed by atoms with Crippen LogP contribution in [-0.4, -0.2) is 0 Å². The lowest BCUT2D eigenvalue weighted by molar-refractivity contribution is -0.137. The van der Waals surface area contributed by atoms with Crippen molar-refractivity contribution in [3.8, 4) is 11.1 Å². The number of rotatable bonds is 1. The third-order valence-corrected chi connectivity index (χ3v) is 2.94. The molecule has 0 aliphatic rings. The van der Waals surface area contributed by atoms with Crippen LogP contribution in [0.2, 0.25) is 0 Å². The molecule has 0 bridgehead atoms. The second-order valence-corrected chi connectivity index (χ2v) is 4.61. The van der Waals surface area contributed by atoms with E-state index >= 15 is 0 Å². The molecule has 0 fully saturated rings. The lowest BCUT2D eigenvalue weighted by atomic mass is 9.99. The van der Waals surface area contributed by atoms with Gasteiger partial charge >= 0.3 is 6.18 Å². The highest BCUT2D eigenvalue weighted by Crippen LogP contribution is 2.38. The molecule has 2 rings (SSSR count). The molecule has 20 heavy (non-hydrogen) atoms. The molecule has 0 unspecified atom stereocenters. The molecule has 5 heteroatoms. The fourth-order valence-electron chi connectivity index (χ4n) is 1.63. The van der Waals surface area contributed by atoms with Gasteiger partial charge in [-0.1, -0.05) is 48.0 Å². The summed E-state index contributed by atoms with van der Waals surface area (Å²) in [6.07, 6.45) is -4.45. The van der Waals surface area contributed by atoms with Gasteiger partial charge in [0, 0.05) is 4.47 Å². The topological polar surface area (TPSA) is 0 Å². The zero-order valence-electron chi connectivity index (χ0n) is 10.9. The Labute approximate surface area is 123 Å². The van der Waals surface area contributed by atoms with Gasteiger partial charge in [-0.05, 0) is 35.4 Å². The van der Waals surface area contributed by atoms with Crippen LogP contribution in [0.25, 0.3) is 11.1 Å². The summed E-state index contributed by atoms with van der Waals surface area (Å²) in [5.74, 6) is -0.482. The van der Waals surface area contributed by atoms with Gasteiger partial charge < -0.3 is 0 Å². The summed E-state index contributed by atoms with van der Waals surface area (Å²) in [5.41, 5.74) is -0.384. The molecule has 0 saturated heterocycles. The summed E-state index contributed by atoms with van der Waals surface area (Å²) in [5, 5.41) is 0. The van der Waals surface area contributed by atoms with Crippen molar-refractivity contribution in [2.45, 2.75) is 20.0 Å². The summed E-state index contributed by atoms with van der Waals surface area (Å²) in [4.78, 5) is 0. The Morgan fingerprint density at radius 3 is 1.95 bits per heavy atom. The van der Waals surface area contributed by atoms with Gasteiger partial charge in [0.1, 0.15) is 5.82 Å². The SMILES string of the molecule is CC.Fc1ccc(-c2ccc(Br)cc2C(F)(F)F)cc1. The summed E-state index contributed by atoms with van der Waals surface area (Å²) in [7, 11) is 0. The Bertz CT molecular complexity index is 559. The van der Waals surface area contributed by atoms with Gasteiger partial charge in [-0.25, -0.2) is 4.39 Å². The Hall–Kier alpha value is -1.36. The molecule has 0 atom stereocenters. The number of hydrogen-bond donors (Lipinski definition) is 0. The van der Waals surface area contributed by atoms with E-state index in [1.807, 2.05) is 13.8 Å². The van der Waals surface area contributed by atoms with Crippen molar-refractivity contribution in [3.63, 3.8) is 0 Å². The van der Waals surface area contributed by atoms with Crippen molar-refractivity contribution in [3.05, 3.63) is 58.3 Å². The minimum absolute atomic E-state index is 0.0331. The van der Waals surface area contributed by atoms with Crippen molar-refractivity contribution >= 4 is 15.9 Å². The van der Waals surface area contributed by atoms with Gasteiger partial charge in [0.15, 0.2) is 0 Å². The van der Waals surface area contributed by atoms with E-state index in [1.165, 1.54) is 24.3 Å². The van der Waals surface area contributed by atoms with Gasteiger partial charge in [-0.2, -0.15) is 13.2 Å². The van der Waals surface area contributed by atoms with Gasteiger partial charge in [-0.15, -0.1) is 0 Å². The largest absolute Gasteiger partial charge is 0.417 e. The molecule has 0 N–H and O–H groups in total. The van der Waals surface area contributed by atoms with Crippen molar-refractivity contribution in [2.24, 2.45) is 0 Å². The van der Waals surface area contributed by atoms with Gasteiger partial charge in [-0.3, -0.25) is 0 Å². The van der Waals surface area contributed by atoms with Crippen LogP contribution < -0.4 is 0 Å². The molecule has 0 nitrogen and oxygen atoms in total. The van der Waals surface area contributed by atoms with E-state index in [9.17, 15) is 17.6 Å². The second-order valence-electron chi connectivity index (χ2n) is 3.69. The van der Waals surface area contributed by atoms with Crippen LogP contribution in [0.4, 0.5) is 17.6 Å². The van der Waals surface area contributed by atoms with E-state index in [2.05, 4.69) is 15.9 Å². The first kappa shape index (κ1) is 16.7. The van der Waals surface area contributed by atoms with Crippen molar-refractivity contribution < 1.29 is 17.6 Å². The normalized spacial score (nSPS) is 10.8. The lowest BCUT2D eigenvalue weighted by Gasteiger charge is -2.13. The van der Waals surface area contributed by atoms with Crippen LogP contribution in [0.3, 0.4) is 0 Å². The Morgan fingerprint density at radius 2 is 1.45 bits per heavy atom. The maximum absolute atomic E-state index is 12.9. The molecule has 0 heterocycles. The average Bonchev–Trinajstić information content (AvgIpc) is 2.41. The first-order valence-electron chi connectivity index (χ1n) is 6.00. The summed E-state index contributed by atoms with van der Waals surface area (Å²) < 4.78 is 51.8. The Balaban J connectivity index is 0.000000956. The van der Waals surface area contributed by atoms with E-state index in [4.69, 9.17) is 0 Å². The highest BCUT2D eigenvalue weighted by Gasteiger charge is 2.33. The second kappa shape index (κ2) is 6.88. The molecule has 0 radical (unpaired) electrons. The molecular formula is C15H13BrF4. The van der Waals surface area contributed by atoms with E-state index in [-0.39, 0.29) is 5.56 Å². The number of benzene rings is 2. The van der Waals surface area contributed by atoms with E-state index in [0.717, 1.165) is 18.2 Å². The Morgan fingerprint density at radius 1 is 0.900 bits per heavy atom. The molecule has 0 spiro atoms. The lowest BCUT2D eigenvalue weighted by Crippen LogP contribution is -2.07. The van der Waals surface area contributed by atoms with Crippen LogP contribution in [0.15, 0.2) is 46.9 Å². The fraction of sp³-hybridized carbons (Fsp3) is 0.200. The van der Waals surface area contributed by atoms with Gasteiger partial charge in [0.2, 0.25) is 0 Å². The molecule has 2 aromatic carbocycles. The van der Waals surface area contributed by atoms with E-state index in [1.54, 1.807) is 0 Å². The molecule has 0 aromatic heterocycles. The third-order valence-electron chi connectivity index (χ3n) is 2.44. The van der Waals surface area contributed by atoms with Gasteiger partial charge in [0.25, 0.3) is 0 Å². The van der Waals surface area contributed by atoms with Crippen LogP contribution in [-0.2, 0) is 6.18 Å². The summed E-state index contributed by atoms with van der Waals surface area (Å²) in [6.45, 7) is 4.00. The summed E-state index contributed by atoms with van der Waals surface area (Å²) >= 11 is 3.01. The van der Waals surface area contributed by atoms with Crippen LogP contribution in [0, 0.1) is 5.82 Å². The standard InChI is InChI=1S/C13H7BrF4.C2H6/c14-9-3-6-11(12(7-9)13(16,17)18)8-1-4-10(15)5-2-8;1-2/h1-7H;1-2H3. The zero-order chi connectivity index (χ0) is 15.3. The first-order valence-corrected chi connectivity index (χ1v) is 6.80. The third kappa shape index (κ3) is 4.07. The minimum atomic E-state index is -4.45. The summed E-state index contributed by atoms with van der Waals surface area (Å²) in [6, 6.07) is 8.82. The predicted octanol–water partition coefficient (Wildman–Crippen LogP) is 6.30. The zero-order valence-corrected chi connectivity index (χ0v) is 12.5. The monoisotopic (exact) mass is 348 g/mol. The molecule has 0 saturated carbocycles. The van der Waals surface area contributed by atoms with Crippen LogP contribution in [0.5, 0.6) is 0 Å². The molecule has 108 valence electrons. The molecular weight excluding hydrogens is 336 g/mol. The van der Waals surface area contributed by atoms with Crippen LogP contribution >= 0.6 is 15.9 Å². The predicted molar refractivity (Wildman–Crippen MR) is 75.9 cm³/mol. The maximum atomic E-state index is 12.9. The van der Waals surface area contributed by atoms with E-state index in [0.29, 0.717) is 10.0 Å². The smallest absolute Gasteiger partial charge is 0.207 e. The Kier molecular flexibility index (Phi) is 5.74. The van der Waals surface area contributed by atoms with Crippen molar-refractivity contribution in [1.29, 1.82) is 0 Å². The van der Waals surface area contributed by atoms with Gasteiger partial charge in [0.05, 0.1) is 5.56 Å². The number of halogens is 5.